The molecule has 3 rings (SSSR count). The number of nitro groups is 1. The van der Waals surface area contributed by atoms with Crippen LogP contribution in [0.25, 0.3) is 5.78 Å². The smallest absolute Gasteiger partial charge is 0.313 e. The van der Waals surface area contributed by atoms with Crippen LogP contribution < -0.4 is 4.74 Å². The van der Waals surface area contributed by atoms with Crippen molar-refractivity contribution in [1.82, 2.24) is 19.6 Å². The zero-order valence-corrected chi connectivity index (χ0v) is 11.6. The largest absolute Gasteiger partial charge is 0.430 e. The molecule has 0 amide bonds. The number of nitro benzene ring substituents is 1. The first kappa shape index (κ1) is 13.5. The van der Waals surface area contributed by atoms with Gasteiger partial charge >= 0.3 is 5.69 Å². The number of para-hydroxylation sites is 1. The van der Waals surface area contributed by atoms with Crippen LogP contribution in [0.3, 0.4) is 0 Å². The summed E-state index contributed by atoms with van der Waals surface area (Å²) < 4.78 is 6.77. The van der Waals surface area contributed by atoms with Crippen molar-refractivity contribution in [1.29, 1.82) is 0 Å². The summed E-state index contributed by atoms with van der Waals surface area (Å²) in [5.41, 5.74) is -0.274. The minimum Gasteiger partial charge on any atom is -0.430 e. The number of aromatic nitrogens is 4. The molecular formula is C11H5Cl2N5O3. The molecule has 0 aliphatic rings. The second-order valence-electron chi connectivity index (χ2n) is 3.84. The van der Waals surface area contributed by atoms with E-state index in [2.05, 4.69) is 15.1 Å². The molecule has 0 aliphatic heterocycles. The summed E-state index contributed by atoms with van der Waals surface area (Å²) in [7, 11) is 0. The van der Waals surface area contributed by atoms with Gasteiger partial charge in [-0.15, -0.1) is 0 Å². The third kappa shape index (κ3) is 2.46. The Kier molecular flexibility index (Phi) is 3.32. The average Bonchev–Trinajstić information content (AvgIpc) is 2.88. The van der Waals surface area contributed by atoms with Gasteiger partial charge in [-0.05, 0) is 6.07 Å². The van der Waals surface area contributed by atoms with Gasteiger partial charge in [-0.1, -0.05) is 29.3 Å². The van der Waals surface area contributed by atoms with E-state index in [0.717, 1.165) is 0 Å². The maximum Gasteiger partial charge on any atom is 0.313 e. The first-order valence-electron chi connectivity index (χ1n) is 5.53. The number of benzene rings is 1. The van der Waals surface area contributed by atoms with E-state index in [1.807, 2.05) is 0 Å². The molecule has 8 nitrogen and oxygen atoms in total. The standard InChI is InChI=1S/C11H5Cl2N5O3/c12-6-2-1-3-7(18(19)20)10(6)21-9-4-8(13)16-11-14-5-15-17(9)11/h1-5H. The summed E-state index contributed by atoms with van der Waals surface area (Å²) in [6, 6.07) is 5.57. The monoisotopic (exact) mass is 325 g/mol. The minimum atomic E-state index is -0.595. The van der Waals surface area contributed by atoms with Gasteiger partial charge in [0, 0.05) is 12.1 Å². The van der Waals surface area contributed by atoms with Crippen molar-refractivity contribution in [2.75, 3.05) is 0 Å². The fourth-order valence-corrected chi connectivity index (χ4v) is 2.05. The third-order valence-electron chi connectivity index (χ3n) is 2.54. The highest BCUT2D eigenvalue weighted by molar-refractivity contribution is 6.32. The molecule has 1 aromatic carbocycles. The zero-order chi connectivity index (χ0) is 15.0. The Morgan fingerprint density at radius 3 is 2.90 bits per heavy atom. The Morgan fingerprint density at radius 2 is 2.14 bits per heavy atom. The van der Waals surface area contributed by atoms with Crippen molar-refractivity contribution in [2.45, 2.75) is 0 Å². The van der Waals surface area contributed by atoms with Crippen LogP contribution in [0.4, 0.5) is 5.69 Å². The van der Waals surface area contributed by atoms with E-state index in [9.17, 15) is 10.1 Å². The summed E-state index contributed by atoms with van der Waals surface area (Å²) in [5, 5.41) is 15.1. The van der Waals surface area contributed by atoms with Crippen molar-refractivity contribution in [3.63, 3.8) is 0 Å². The van der Waals surface area contributed by atoms with E-state index in [4.69, 9.17) is 27.9 Å². The number of hydrogen-bond donors (Lipinski definition) is 0. The Labute approximate surface area is 127 Å². The van der Waals surface area contributed by atoms with E-state index >= 15 is 0 Å². The SMILES string of the molecule is O=[N+]([O-])c1cccc(Cl)c1Oc1cc(Cl)nc2ncnn12. The second-order valence-corrected chi connectivity index (χ2v) is 4.63. The maximum atomic E-state index is 11.0. The number of nitrogens with zero attached hydrogens (tertiary/aromatic N) is 5. The van der Waals surface area contributed by atoms with Crippen LogP contribution in [0.1, 0.15) is 0 Å². The second kappa shape index (κ2) is 5.15. The molecular weight excluding hydrogens is 321 g/mol. The van der Waals surface area contributed by atoms with E-state index < -0.39 is 4.92 Å². The summed E-state index contributed by atoms with van der Waals surface area (Å²) in [6.45, 7) is 0. The summed E-state index contributed by atoms with van der Waals surface area (Å²) >= 11 is 11.8. The highest BCUT2D eigenvalue weighted by Gasteiger charge is 2.20. The lowest BCUT2D eigenvalue weighted by Gasteiger charge is -2.08. The zero-order valence-electron chi connectivity index (χ0n) is 10.1. The van der Waals surface area contributed by atoms with Gasteiger partial charge < -0.3 is 4.74 Å². The van der Waals surface area contributed by atoms with Crippen LogP contribution >= 0.6 is 23.2 Å². The van der Waals surface area contributed by atoms with Gasteiger partial charge in [0.1, 0.15) is 11.5 Å². The summed E-state index contributed by atoms with van der Waals surface area (Å²) in [6.07, 6.45) is 1.26. The number of halogens is 2. The van der Waals surface area contributed by atoms with Crippen molar-refractivity contribution >= 4 is 34.7 Å². The minimum absolute atomic E-state index is 0.0883. The highest BCUT2D eigenvalue weighted by Crippen LogP contribution is 2.37. The third-order valence-corrected chi connectivity index (χ3v) is 3.03. The molecule has 0 spiro atoms. The molecule has 2 aromatic heterocycles. The lowest BCUT2D eigenvalue weighted by molar-refractivity contribution is -0.385. The van der Waals surface area contributed by atoms with E-state index in [1.165, 1.54) is 35.1 Å². The quantitative estimate of drug-likeness (QED) is 0.417. The van der Waals surface area contributed by atoms with Gasteiger partial charge in [0.15, 0.2) is 0 Å². The average molecular weight is 326 g/mol. The molecule has 0 saturated heterocycles. The van der Waals surface area contributed by atoms with Gasteiger partial charge in [-0.3, -0.25) is 10.1 Å². The summed E-state index contributed by atoms with van der Waals surface area (Å²) in [4.78, 5) is 18.2. The molecule has 10 heteroatoms. The first-order chi connectivity index (χ1) is 10.1. The molecule has 0 aliphatic carbocycles. The topological polar surface area (TPSA) is 95.5 Å². The van der Waals surface area contributed by atoms with E-state index in [0.29, 0.717) is 0 Å². The van der Waals surface area contributed by atoms with Crippen molar-refractivity contribution in [3.8, 4) is 11.6 Å². The van der Waals surface area contributed by atoms with Crippen molar-refractivity contribution in [3.05, 3.63) is 50.9 Å². The number of fused-ring (bicyclic) bond motifs is 1. The predicted octanol–water partition coefficient (Wildman–Crippen LogP) is 3.13. The lowest BCUT2D eigenvalue weighted by atomic mass is 10.3. The first-order valence-corrected chi connectivity index (χ1v) is 6.29. The molecule has 0 fully saturated rings. The number of hydrogen-bond acceptors (Lipinski definition) is 6. The maximum absolute atomic E-state index is 11.0. The number of ether oxygens (including phenoxy) is 1. The van der Waals surface area contributed by atoms with Gasteiger partial charge in [-0.2, -0.15) is 19.6 Å². The van der Waals surface area contributed by atoms with Crippen LogP contribution in [0.15, 0.2) is 30.6 Å². The summed E-state index contributed by atoms with van der Waals surface area (Å²) in [5.74, 6) is 0.203. The molecule has 0 radical (unpaired) electrons. The lowest BCUT2D eigenvalue weighted by Crippen LogP contribution is -2.00. The Morgan fingerprint density at radius 1 is 1.33 bits per heavy atom. The van der Waals surface area contributed by atoms with Crippen LogP contribution in [-0.2, 0) is 0 Å². The molecule has 3 aromatic rings. The number of rotatable bonds is 3. The molecule has 106 valence electrons. The van der Waals surface area contributed by atoms with Gasteiger partial charge in [0.2, 0.25) is 11.6 Å². The fraction of sp³-hybridized carbons (Fsp3) is 0. The molecule has 0 N–H and O–H groups in total. The van der Waals surface area contributed by atoms with Gasteiger partial charge in [0.25, 0.3) is 5.78 Å². The van der Waals surface area contributed by atoms with Crippen LogP contribution in [0, 0.1) is 10.1 Å². The molecule has 21 heavy (non-hydrogen) atoms. The van der Waals surface area contributed by atoms with Crippen LogP contribution in [-0.4, -0.2) is 24.5 Å². The molecule has 0 unspecified atom stereocenters. The van der Waals surface area contributed by atoms with Gasteiger partial charge in [0.05, 0.1) is 9.95 Å². The normalized spacial score (nSPS) is 10.8. The van der Waals surface area contributed by atoms with Gasteiger partial charge in [-0.25, -0.2) is 0 Å². The fourth-order valence-electron chi connectivity index (χ4n) is 1.68. The molecule has 0 bridgehead atoms. The van der Waals surface area contributed by atoms with Crippen LogP contribution in [0.2, 0.25) is 10.2 Å². The molecule has 0 atom stereocenters. The van der Waals surface area contributed by atoms with E-state index in [1.54, 1.807) is 0 Å². The van der Waals surface area contributed by atoms with Crippen molar-refractivity contribution < 1.29 is 9.66 Å². The van der Waals surface area contributed by atoms with E-state index in [-0.39, 0.29) is 33.3 Å². The molecule has 0 saturated carbocycles. The Bertz CT molecular complexity index is 851. The molecule has 2 heterocycles. The van der Waals surface area contributed by atoms with Crippen molar-refractivity contribution in [2.24, 2.45) is 0 Å². The predicted molar refractivity (Wildman–Crippen MR) is 74.0 cm³/mol. The Hall–Kier alpha value is -2.45. The van der Waals surface area contributed by atoms with Crippen LogP contribution in [0.5, 0.6) is 11.6 Å². The highest BCUT2D eigenvalue weighted by atomic mass is 35.5. The Balaban J connectivity index is 2.15.